The van der Waals surface area contributed by atoms with Crippen molar-refractivity contribution in [1.82, 2.24) is 9.44 Å². The largest absolute Gasteiger partial charge is 0.238 e. The van der Waals surface area contributed by atoms with Gasteiger partial charge in [-0.05, 0) is 37.0 Å². The lowest BCUT2D eigenvalue weighted by atomic mass is 9.99. The van der Waals surface area contributed by atoms with E-state index in [0.717, 1.165) is 11.1 Å². The van der Waals surface area contributed by atoms with Crippen LogP contribution in [0, 0.1) is 6.57 Å². The van der Waals surface area contributed by atoms with Crippen LogP contribution in [0.1, 0.15) is 31.1 Å². The Morgan fingerprint density at radius 3 is 2.14 bits per heavy atom. The van der Waals surface area contributed by atoms with E-state index < -0.39 is 36.6 Å². The highest BCUT2D eigenvalue weighted by molar-refractivity contribution is 7.90. The predicted molar refractivity (Wildman–Crippen MR) is 113 cm³/mol. The molecule has 1 aliphatic rings. The minimum atomic E-state index is -3.72. The number of nitrogens with one attached hydrogen (secondary N) is 2. The molecule has 0 saturated carbocycles. The van der Waals surface area contributed by atoms with E-state index in [0.29, 0.717) is 17.7 Å². The smallest absolute Gasteiger partial charge is 0.220 e. The van der Waals surface area contributed by atoms with Crippen molar-refractivity contribution >= 4 is 25.7 Å². The van der Waals surface area contributed by atoms with Crippen molar-refractivity contribution in [2.75, 3.05) is 6.54 Å². The Balaban J connectivity index is 1.93. The summed E-state index contributed by atoms with van der Waals surface area (Å²) in [6.07, 6.45) is 0.371. The third kappa shape index (κ3) is 4.67. The monoisotopic (exact) mass is 433 g/mol. The molecule has 9 heteroatoms. The highest BCUT2D eigenvalue weighted by atomic mass is 32.2. The Morgan fingerprint density at radius 1 is 1.07 bits per heavy atom. The molecule has 1 heterocycles. The number of sulfonamides is 2. The summed E-state index contributed by atoms with van der Waals surface area (Å²) in [4.78, 5) is 3.37. The molecule has 7 nitrogen and oxygen atoms in total. The molecular weight excluding hydrogens is 410 g/mol. The van der Waals surface area contributed by atoms with Gasteiger partial charge in [0.05, 0.1) is 11.8 Å². The van der Waals surface area contributed by atoms with Gasteiger partial charge in [-0.25, -0.2) is 31.1 Å². The van der Waals surface area contributed by atoms with Crippen LogP contribution in [0.5, 0.6) is 0 Å². The van der Waals surface area contributed by atoms with Gasteiger partial charge in [0, 0.05) is 12.6 Å². The van der Waals surface area contributed by atoms with E-state index in [9.17, 15) is 16.8 Å². The van der Waals surface area contributed by atoms with Gasteiger partial charge in [-0.2, -0.15) is 0 Å². The highest BCUT2D eigenvalue weighted by Crippen LogP contribution is 2.32. The first-order chi connectivity index (χ1) is 13.6. The van der Waals surface area contributed by atoms with E-state index in [1.807, 2.05) is 12.1 Å². The van der Waals surface area contributed by atoms with Crippen molar-refractivity contribution in [3.8, 4) is 11.1 Å². The molecule has 0 radical (unpaired) electrons. The highest BCUT2D eigenvalue weighted by Gasteiger charge is 2.40. The molecule has 0 spiro atoms. The fourth-order valence-electron chi connectivity index (χ4n) is 3.29. The van der Waals surface area contributed by atoms with Gasteiger partial charge in [-0.15, -0.1) is 0 Å². The summed E-state index contributed by atoms with van der Waals surface area (Å²) >= 11 is 0. The zero-order valence-electron chi connectivity index (χ0n) is 16.2. The molecule has 3 rings (SSSR count). The van der Waals surface area contributed by atoms with E-state index in [1.54, 1.807) is 50.2 Å². The second kappa shape index (κ2) is 8.24. The van der Waals surface area contributed by atoms with Gasteiger partial charge < -0.3 is 0 Å². The lowest BCUT2D eigenvalue weighted by molar-refractivity contribution is 0.462. The maximum Gasteiger partial charge on any atom is 0.220 e. The molecule has 2 unspecified atom stereocenters. The molecule has 1 aliphatic heterocycles. The molecule has 154 valence electrons. The fraction of sp³-hybridized carbons (Fsp3) is 0.350. The SMILES string of the molecule is [C-]#[N+]c1ccc(-c2ccc(C3C(NS(=O)(=O)C(C)C)CCNS3(=O)=O)cc2)cc1. The lowest BCUT2D eigenvalue weighted by Gasteiger charge is -2.33. The van der Waals surface area contributed by atoms with E-state index in [2.05, 4.69) is 14.3 Å². The van der Waals surface area contributed by atoms with Crippen LogP contribution in [0.25, 0.3) is 16.0 Å². The molecule has 0 bridgehead atoms. The maximum atomic E-state index is 12.7. The Bertz CT molecular complexity index is 1120. The molecule has 2 atom stereocenters. The van der Waals surface area contributed by atoms with Crippen molar-refractivity contribution in [2.45, 2.75) is 36.8 Å². The van der Waals surface area contributed by atoms with Crippen LogP contribution in [-0.2, 0) is 20.0 Å². The number of nitrogens with zero attached hydrogens (tertiary/aromatic N) is 1. The van der Waals surface area contributed by atoms with Gasteiger partial charge in [0.2, 0.25) is 20.0 Å². The van der Waals surface area contributed by atoms with E-state index >= 15 is 0 Å². The van der Waals surface area contributed by atoms with E-state index in [4.69, 9.17) is 6.57 Å². The molecule has 0 amide bonds. The van der Waals surface area contributed by atoms with Crippen LogP contribution < -0.4 is 9.44 Å². The number of benzene rings is 2. The molecule has 2 aromatic rings. The topological polar surface area (TPSA) is 96.7 Å². The molecule has 1 fully saturated rings. The summed E-state index contributed by atoms with van der Waals surface area (Å²) in [5, 5.41) is -1.66. The zero-order valence-corrected chi connectivity index (χ0v) is 17.8. The molecule has 2 N–H and O–H groups in total. The summed E-state index contributed by atoms with van der Waals surface area (Å²) in [5.74, 6) is 0. The van der Waals surface area contributed by atoms with Crippen molar-refractivity contribution in [3.05, 3.63) is 65.5 Å². The second-order valence-corrected chi connectivity index (χ2v) is 11.4. The second-order valence-electron chi connectivity index (χ2n) is 7.25. The van der Waals surface area contributed by atoms with Crippen LogP contribution in [0.15, 0.2) is 48.5 Å². The van der Waals surface area contributed by atoms with Crippen LogP contribution in [0.3, 0.4) is 0 Å². The normalized spacial score (nSPS) is 21.6. The quantitative estimate of drug-likeness (QED) is 0.709. The first kappa shape index (κ1) is 21.5. The average Bonchev–Trinajstić information content (AvgIpc) is 2.67. The van der Waals surface area contributed by atoms with Gasteiger partial charge in [0.25, 0.3) is 0 Å². The van der Waals surface area contributed by atoms with Crippen LogP contribution >= 0.6 is 0 Å². The Morgan fingerprint density at radius 2 is 1.62 bits per heavy atom. The third-order valence-corrected chi connectivity index (χ3v) is 8.71. The van der Waals surface area contributed by atoms with E-state index in [-0.39, 0.29) is 6.54 Å². The molecule has 0 aliphatic carbocycles. The minimum Gasteiger partial charge on any atom is -0.238 e. The molecular formula is C20H23N3O4S2. The Kier molecular flexibility index (Phi) is 6.10. The summed E-state index contributed by atoms with van der Waals surface area (Å²) in [5.41, 5.74) is 2.86. The Labute approximate surface area is 172 Å². The minimum absolute atomic E-state index is 0.190. The maximum absolute atomic E-state index is 12.7. The molecule has 29 heavy (non-hydrogen) atoms. The van der Waals surface area contributed by atoms with Crippen molar-refractivity contribution < 1.29 is 16.8 Å². The molecule has 1 saturated heterocycles. The fourth-order valence-corrected chi connectivity index (χ4v) is 6.06. The van der Waals surface area contributed by atoms with E-state index in [1.165, 1.54) is 0 Å². The summed E-state index contributed by atoms with van der Waals surface area (Å²) < 4.78 is 55.2. The van der Waals surface area contributed by atoms with Crippen molar-refractivity contribution in [2.24, 2.45) is 0 Å². The van der Waals surface area contributed by atoms with Gasteiger partial charge in [-0.3, -0.25) is 0 Å². The zero-order chi connectivity index (χ0) is 21.2. The number of hydrogen-bond donors (Lipinski definition) is 2. The summed E-state index contributed by atoms with van der Waals surface area (Å²) in [7, 11) is -7.33. The number of hydrogen-bond acceptors (Lipinski definition) is 4. The van der Waals surface area contributed by atoms with Crippen LogP contribution in [0.4, 0.5) is 5.69 Å². The van der Waals surface area contributed by atoms with Crippen LogP contribution in [0.2, 0.25) is 0 Å². The first-order valence-electron chi connectivity index (χ1n) is 9.21. The third-order valence-electron chi connectivity index (χ3n) is 4.96. The predicted octanol–water partition coefficient (Wildman–Crippen LogP) is 2.96. The number of rotatable bonds is 5. The first-order valence-corrected chi connectivity index (χ1v) is 12.3. The summed E-state index contributed by atoms with van der Waals surface area (Å²) in [6, 6.07) is 13.4. The lowest BCUT2D eigenvalue weighted by Crippen LogP contribution is -2.52. The Hall–Kier alpha value is -2.25. The summed E-state index contributed by atoms with van der Waals surface area (Å²) in [6.45, 7) is 10.3. The van der Waals surface area contributed by atoms with Gasteiger partial charge in [-0.1, -0.05) is 48.5 Å². The van der Waals surface area contributed by atoms with Gasteiger partial charge in [0.15, 0.2) is 5.69 Å². The molecule has 2 aromatic carbocycles. The van der Waals surface area contributed by atoms with Gasteiger partial charge >= 0.3 is 0 Å². The average molecular weight is 434 g/mol. The van der Waals surface area contributed by atoms with Crippen molar-refractivity contribution in [3.63, 3.8) is 0 Å². The van der Waals surface area contributed by atoms with Gasteiger partial charge in [0.1, 0.15) is 5.25 Å². The molecule has 0 aromatic heterocycles. The van der Waals surface area contributed by atoms with Crippen molar-refractivity contribution in [1.29, 1.82) is 0 Å². The van der Waals surface area contributed by atoms with Crippen LogP contribution in [-0.4, -0.2) is 34.7 Å². The standard InChI is InChI=1S/C20H23N3O4S2/c1-14(2)28(24,25)23-19-12-13-22-29(26,27)20(19)17-6-4-15(5-7-17)16-8-10-18(21-3)11-9-16/h4-11,14,19-20,22-23H,12-13H2,1-2H3.